The largest absolute Gasteiger partial charge is 0.470 e. The van der Waals surface area contributed by atoms with E-state index in [-0.39, 0.29) is 0 Å². The molecule has 0 fully saturated rings. The monoisotopic (exact) mass is 210 g/mol. The molecule has 0 aromatic carbocycles. The normalized spacial score (nSPS) is 13.3. The van der Waals surface area contributed by atoms with E-state index in [9.17, 15) is 4.57 Å². The molecule has 0 saturated heterocycles. The van der Waals surface area contributed by atoms with Gasteiger partial charge in [-0.1, -0.05) is 26.7 Å². The van der Waals surface area contributed by atoms with Crippen LogP contribution in [0.3, 0.4) is 0 Å². The molecule has 2 N–H and O–H groups in total. The number of phosphoric acid groups is 1. The standard InChI is InChI=1S/C8H19O4P/c1-4-6-8(3,7-5-2)12-13(9,10)11/h4-7H2,1-3H3,(H2,9,10,11). The lowest BCUT2D eigenvalue weighted by atomic mass is 9.95. The van der Waals surface area contributed by atoms with Crippen molar-refractivity contribution in [2.24, 2.45) is 0 Å². The Hall–Kier alpha value is 0.110. The molecule has 0 atom stereocenters. The Morgan fingerprint density at radius 3 is 1.85 bits per heavy atom. The van der Waals surface area contributed by atoms with Crippen molar-refractivity contribution in [3.05, 3.63) is 0 Å². The molecule has 4 nitrogen and oxygen atoms in total. The maximum absolute atomic E-state index is 10.7. The van der Waals surface area contributed by atoms with Crippen LogP contribution in [0.2, 0.25) is 0 Å². The molecule has 0 aliphatic carbocycles. The Morgan fingerprint density at radius 1 is 1.23 bits per heavy atom. The minimum absolute atomic E-state index is 0.673. The zero-order valence-electron chi connectivity index (χ0n) is 8.49. The van der Waals surface area contributed by atoms with E-state index >= 15 is 0 Å². The van der Waals surface area contributed by atoms with Gasteiger partial charge in [0.2, 0.25) is 0 Å². The van der Waals surface area contributed by atoms with E-state index in [2.05, 4.69) is 0 Å². The van der Waals surface area contributed by atoms with Crippen LogP contribution in [0.4, 0.5) is 0 Å². The fourth-order valence-electron chi connectivity index (χ4n) is 1.56. The summed E-state index contributed by atoms with van der Waals surface area (Å²) >= 11 is 0. The highest BCUT2D eigenvalue weighted by Crippen LogP contribution is 2.44. The average Bonchev–Trinajstić information content (AvgIpc) is 1.82. The van der Waals surface area contributed by atoms with Gasteiger partial charge in [-0.3, -0.25) is 4.52 Å². The maximum Gasteiger partial charge on any atom is 0.470 e. The number of hydrogen-bond donors (Lipinski definition) is 2. The van der Waals surface area contributed by atoms with E-state index in [4.69, 9.17) is 14.3 Å². The van der Waals surface area contributed by atoms with Crippen LogP contribution in [-0.2, 0) is 9.09 Å². The van der Waals surface area contributed by atoms with Crippen molar-refractivity contribution in [3.8, 4) is 0 Å². The summed E-state index contributed by atoms with van der Waals surface area (Å²) in [7, 11) is -4.35. The first-order valence-corrected chi connectivity index (χ1v) is 6.12. The van der Waals surface area contributed by atoms with Crippen LogP contribution in [0.15, 0.2) is 0 Å². The Balaban J connectivity index is 4.31. The van der Waals surface area contributed by atoms with Gasteiger partial charge >= 0.3 is 7.82 Å². The van der Waals surface area contributed by atoms with Gasteiger partial charge in [0.05, 0.1) is 5.60 Å². The molecule has 5 heteroatoms. The van der Waals surface area contributed by atoms with E-state index < -0.39 is 13.4 Å². The first kappa shape index (κ1) is 13.1. The number of phosphoric ester groups is 1. The summed E-state index contributed by atoms with van der Waals surface area (Å²) in [4.78, 5) is 17.4. The molecule has 13 heavy (non-hydrogen) atoms. The second kappa shape index (κ2) is 5.11. The van der Waals surface area contributed by atoms with Crippen molar-refractivity contribution in [1.82, 2.24) is 0 Å². The SMILES string of the molecule is CCCC(C)(CCC)OP(=O)(O)O. The molecular weight excluding hydrogens is 191 g/mol. The molecule has 0 saturated carbocycles. The summed E-state index contributed by atoms with van der Waals surface area (Å²) in [6.07, 6.45) is 3.06. The Bertz CT molecular complexity index is 181. The van der Waals surface area contributed by atoms with Crippen molar-refractivity contribution in [2.45, 2.75) is 52.1 Å². The quantitative estimate of drug-likeness (QED) is 0.661. The molecular formula is C8H19O4P. The van der Waals surface area contributed by atoms with Gasteiger partial charge in [-0.25, -0.2) is 4.57 Å². The summed E-state index contributed by atoms with van der Waals surface area (Å²) in [5.74, 6) is 0. The Morgan fingerprint density at radius 2 is 1.62 bits per heavy atom. The topological polar surface area (TPSA) is 66.8 Å². The minimum atomic E-state index is -4.35. The highest BCUT2D eigenvalue weighted by molar-refractivity contribution is 7.46. The van der Waals surface area contributed by atoms with Crippen LogP contribution >= 0.6 is 7.82 Å². The van der Waals surface area contributed by atoms with E-state index in [1.54, 1.807) is 6.92 Å². The molecule has 0 amide bonds. The van der Waals surface area contributed by atoms with Crippen molar-refractivity contribution >= 4 is 7.82 Å². The lowest BCUT2D eigenvalue weighted by Crippen LogP contribution is -2.27. The minimum Gasteiger partial charge on any atom is -0.303 e. The predicted octanol–water partition coefficient (Wildman–Crippen LogP) is 2.45. The van der Waals surface area contributed by atoms with Gasteiger partial charge in [-0.05, 0) is 19.8 Å². The van der Waals surface area contributed by atoms with Gasteiger partial charge in [0.25, 0.3) is 0 Å². The van der Waals surface area contributed by atoms with Crippen molar-refractivity contribution in [3.63, 3.8) is 0 Å². The molecule has 0 heterocycles. The van der Waals surface area contributed by atoms with E-state index in [1.807, 2.05) is 13.8 Å². The van der Waals surface area contributed by atoms with Crippen LogP contribution in [-0.4, -0.2) is 15.4 Å². The fraction of sp³-hybridized carbons (Fsp3) is 1.00. The Kier molecular flexibility index (Phi) is 5.15. The molecule has 0 aromatic rings. The predicted molar refractivity (Wildman–Crippen MR) is 51.4 cm³/mol. The zero-order chi connectivity index (χ0) is 10.5. The highest BCUT2D eigenvalue weighted by atomic mass is 31.2. The molecule has 0 radical (unpaired) electrons. The van der Waals surface area contributed by atoms with Crippen LogP contribution in [0.1, 0.15) is 46.5 Å². The van der Waals surface area contributed by atoms with Crippen LogP contribution in [0.25, 0.3) is 0 Å². The summed E-state index contributed by atoms with van der Waals surface area (Å²) in [5, 5.41) is 0. The van der Waals surface area contributed by atoms with Gasteiger partial charge in [0, 0.05) is 0 Å². The first-order valence-electron chi connectivity index (χ1n) is 4.59. The Labute approximate surface area is 79.5 Å². The van der Waals surface area contributed by atoms with Gasteiger partial charge in [0.1, 0.15) is 0 Å². The van der Waals surface area contributed by atoms with Gasteiger partial charge in [0.15, 0.2) is 0 Å². The van der Waals surface area contributed by atoms with Gasteiger partial charge in [-0.15, -0.1) is 0 Å². The third-order valence-electron chi connectivity index (χ3n) is 1.90. The van der Waals surface area contributed by atoms with Crippen molar-refractivity contribution < 1.29 is 18.9 Å². The molecule has 0 aliphatic rings. The molecule has 0 unspecified atom stereocenters. The van der Waals surface area contributed by atoms with E-state index in [0.29, 0.717) is 12.8 Å². The summed E-state index contributed by atoms with van der Waals surface area (Å²) in [5.41, 5.74) is -0.678. The molecule has 0 rings (SSSR count). The zero-order valence-corrected chi connectivity index (χ0v) is 9.38. The van der Waals surface area contributed by atoms with Crippen LogP contribution in [0.5, 0.6) is 0 Å². The fourth-order valence-corrected chi connectivity index (χ4v) is 2.32. The van der Waals surface area contributed by atoms with Crippen molar-refractivity contribution in [1.29, 1.82) is 0 Å². The van der Waals surface area contributed by atoms with Gasteiger partial charge < -0.3 is 9.79 Å². The van der Waals surface area contributed by atoms with Crippen molar-refractivity contribution in [2.75, 3.05) is 0 Å². The summed E-state index contributed by atoms with van der Waals surface area (Å²) in [6, 6.07) is 0. The lowest BCUT2D eigenvalue weighted by molar-refractivity contribution is 0.0336. The lowest BCUT2D eigenvalue weighted by Gasteiger charge is -2.29. The smallest absolute Gasteiger partial charge is 0.303 e. The van der Waals surface area contributed by atoms with E-state index in [1.165, 1.54) is 0 Å². The van der Waals surface area contributed by atoms with Crippen LogP contribution < -0.4 is 0 Å². The summed E-state index contributed by atoms with van der Waals surface area (Å²) in [6.45, 7) is 5.69. The number of rotatable bonds is 6. The molecule has 0 aromatic heterocycles. The summed E-state index contributed by atoms with van der Waals surface area (Å²) < 4.78 is 15.4. The third kappa shape index (κ3) is 6.22. The second-order valence-corrected chi connectivity index (χ2v) is 4.70. The highest BCUT2D eigenvalue weighted by Gasteiger charge is 2.31. The molecule has 0 bridgehead atoms. The number of hydrogen-bond acceptors (Lipinski definition) is 2. The average molecular weight is 210 g/mol. The van der Waals surface area contributed by atoms with E-state index in [0.717, 1.165) is 12.8 Å². The maximum atomic E-state index is 10.7. The van der Waals surface area contributed by atoms with Crippen LogP contribution in [0, 0.1) is 0 Å². The molecule has 80 valence electrons. The molecule has 0 spiro atoms. The second-order valence-electron chi connectivity index (χ2n) is 3.53. The molecule has 0 aliphatic heterocycles. The van der Waals surface area contributed by atoms with Gasteiger partial charge in [-0.2, -0.15) is 0 Å². The first-order chi connectivity index (χ1) is 5.83. The third-order valence-corrected chi connectivity index (χ3v) is 2.58.